The van der Waals surface area contributed by atoms with Crippen LogP contribution in [0.25, 0.3) is 0 Å². The van der Waals surface area contributed by atoms with E-state index in [4.69, 9.17) is 14.2 Å². The molecule has 0 bridgehead atoms. The molecule has 0 N–H and O–H groups in total. The summed E-state index contributed by atoms with van der Waals surface area (Å²) < 4.78 is 15.4. The predicted molar refractivity (Wildman–Crippen MR) is 279 cm³/mol. The first kappa shape index (κ1) is 66.7. The molecule has 0 unspecified atom stereocenters. The Kier molecular flexibility index (Phi) is 61.9. The van der Waals surface area contributed by atoms with Gasteiger partial charge in [0.2, 0.25) is 0 Å². The summed E-state index contributed by atoms with van der Waals surface area (Å²) in [4.78, 5) is 34.1. The summed E-state index contributed by atoms with van der Waals surface area (Å²) in [5.74, 6) is -0.0721. The number of hydrogen-bond donors (Lipinski definition) is 0. The molecule has 0 fully saturated rings. The third-order valence-corrected chi connectivity index (χ3v) is 11.9. The summed E-state index contributed by atoms with van der Waals surface area (Å²) in [5, 5.41) is 0. The molecule has 0 aromatic carbocycles. The van der Waals surface area contributed by atoms with Crippen molar-refractivity contribution in [2.24, 2.45) is 0 Å². The lowest BCUT2D eigenvalue weighted by atomic mass is 10.0. The van der Waals surface area contributed by atoms with Crippen molar-refractivity contribution in [3.8, 4) is 0 Å². The Balaban J connectivity index is -0.000000878. The Hall–Kier alpha value is -1.59. The first-order valence-electron chi connectivity index (χ1n) is 28.7. The molecule has 0 aliphatic carbocycles. The molecule has 0 saturated heterocycles. The second-order valence-electron chi connectivity index (χ2n) is 19.6. The summed E-state index contributed by atoms with van der Waals surface area (Å²) in [6.07, 6.45) is 56.2. The smallest absolute Gasteiger partial charge is 0.306 e. The monoisotopic (exact) mass is 909 g/mol. The van der Waals surface area contributed by atoms with Crippen LogP contribution in [0.3, 0.4) is 0 Å². The fourth-order valence-electron chi connectivity index (χ4n) is 7.91. The van der Waals surface area contributed by atoms with Crippen LogP contribution in [0.1, 0.15) is 338 Å². The highest BCUT2D eigenvalue weighted by molar-refractivity contribution is 5.70. The summed E-state index contributed by atoms with van der Waals surface area (Å²) in [6.45, 7) is 17.1. The highest BCUT2D eigenvalue weighted by atomic mass is 16.5. The van der Waals surface area contributed by atoms with Gasteiger partial charge in [-0.15, -0.1) is 0 Å². The molecule has 0 aromatic rings. The van der Waals surface area contributed by atoms with Crippen LogP contribution in [0.15, 0.2) is 0 Å². The second-order valence-corrected chi connectivity index (χ2v) is 19.6. The molecule has 0 saturated carbocycles. The van der Waals surface area contributed by atoms with Crippen LogP contribution >= 0.6 is 0 Å². The summed E-state index contributed by atoms with van der Waals surface area (Å²) in [5.41, 5.74) is 0. The maximum absolute atomic E-state index is 11.4. The van der Waals surface area contributed by atoms with Gasteiger partial charge in [-0.3, -0.25) is 14.4 Å². The van der Waals surface area contributed by atoms with Crippen molar-refractivity contribution < 1.29 is 28.6 Å². The lowest BCUT2D eigenvalue weighted by Crippen LogP contribution is -2.10. The average Bonchev–Trinajstić information content (AvgIpc) is 3.26. The Morgan fingerprint density at radius 2 is 0.453 bits per heavy atom. The van der Waals surface area contributed by atoms with E-state index in [2.05, 4.69) is 27.7 Å². The Bertz CT molecular complexity index is 901. The number of hydrogen-bond acceptors (Lipinski definition) is 6. The third-order valence-electron chi connectivity index (χ3n) is 11.9. The largest absolute Gasteiger partial charge is 0.466 e. The maximum atomic E-state index is 11.4. The molecule has 64 heavy (non-hydrogen) atoms. The minimum Gasteiger partial charge on any atom is -0.466 e. The van der Waals surface area contributed by atoms with Gasteiger partial charge in [-0.25, -0.2) is 0 Å². The van der Waals surface area contributed by atoms with E-state index in [0.717, 1.165) is 32.1 Å². The van der Waals surface area contributed by atoms with Gasteiger partial charge in [0.25, 0.3) is 0 Å². The van der Waals surface area contributed by atoms with Gasteiger partial charge in [-0.1, -0.05) is 265 Å². The van der Waals surface area contributed by atoms with E-state index in [1.807, 2.05) is 27.7 Å². The van der Waals surface area contributed by atoms with E-state index in [1.54, 1.807) is 0 Å². The minimum atomic E-state index is -0.0362. The quantitative estimate of drug-likeness (QED) is 0.0344. The van der Waals surface area contributed by atoms with Gasteiger partial charge in [0.05, 0.1) is 18.8 Å². The van der Waals surface area contributed by atoms with Crippen molar-refractivity contribution in [1.82, 2.24) is 0 Å². The number of esters is 3. The van der Waals surface area contributed by atoms with Crippen molar-refractivity contribution in [3.63, 3.8) is 0 Å². The SMILES string of the molecule is CCCCCCCCCCCCCC(=O)OC(C)C.CCCCCCCCCCCCCCCC(=O)OC(C)C.CCCCCCCCCCCCCCCCCC(=O)OCCCC. The second kappa shape index (κ2) is 59.4. The zero-order valence-corrected chi connectivity index (χ0v) is 44.9. The standard InChI is InChI=1S/C22H44O2.C19H38O2.C17H34O2/c1-3-5-7-8-9-10-11-12-13-14-15-16-17-18-19-20-22(23)24-21-6-4-2;1-4-5-6-7-8-9-10-11-12-13-14-15-16-17-19(20)21-18(2)3;1-4-5-6-7-8-9-10-11-12-13-14-15-17(18)19-16(2)3/h3-21H2,1-2H3;18H,4-17H2,1-3H3;16H,4-15H2,1-3H3. The van der Waals surface area contributed by atoms with E-state index in [0.29, 0.717) is 25.9 Å². The molecule has 0 heterocycles. The maximum Gasteiger partial charge on any atom is 0.306 e. The summed E-state index contributed by atoms with van der Waals surface area (Å²) in [7, 11) is 0. The molecule has 0 spiro atoms. The molecular formula is C58H116O6. The fourth-order valence-corrected chi connectivity index (χ4v) is 7.91. The van der Waals surface area contributed by atoms with Gasteiger partial charge in [0.15, 0.2) is 0 Å². The minimum absolute atomic E-state index is 0.00172. The first-order valence-corrected chi connectivity index (χ1v) is 28.7. The normalized spacial score (nSPS) is 11.0. The molecule has 0 rings (SSSR count). The first-order chi connectivity index (χ1) is 31.1. The Labute approximate surface area is 401 Å². The van der Waals surface area contributed by atoms with Crippen molar-refractivity contribution in [2.75, 3.05) is 6.61 Å². The van der Waals surface area contributed by atoms with Gasteiger partial charge in [0, 0.05) is 19.3 Å². The zero-order chi connectivity index (χ0) is 47.8. The number of rotatable bonds is 47. The number of carbonyl (C=O) groups is 3. The topological polar surface area (TPSA) is 78.9 Å². The highest BCUT2D eigenvalue weighted by Gasteiger charge is 2.06. The third kappa shape index (κ3) is 67.0. The molecular weight excluding hydrogens is 793 g/mol. The molecule has 0 amide bonds. The van der Waals surface area contributed by atoms with Crippen molar-refractivity contribution in [3.05, 3.63) is 0 Å². The van der Waals surface area contributed by atoms with Crippen LogP contribution in [0.5, 0.6) is 0 Å². The van der Waals surface area contributed by atoms with Crippen LogP contribution in [-0.2, 0) is 28.6 Å². The van der Waals surface area contributed by atoms with Crippen molar-refractivity contribution >= 4 is 17.9 Å². The molecule has 0 aliphatic heterocycles. The van der Waals surface area contributed by atoms with E-state index in [1.165, 1.54) is 231 Å². The molecule has 0 atom stereocenters. The molecule has 384 valence electrons. The number of carbonyl (C=O) groups excluding carboxylic acids is 3. The van der Waals surface area contributed by atoms with Crippen molar-refractivity contribution in [1.29, 1.82) is 0 Å². The molecule has 0 radical (unpaired) electrons. The fraction of sp³-hybridized carbons (Fsp3) is 0.948. The van der Waals surface area contributed by atoms with Gasteiger partial charge in [-0.2, -0.15) is 0 Å². The van der Waals surface area contributed by atoms with Gasteiger partial charge in [-0.05, 0) is 53.4 Å². The van der Waals surface area contributed by atoms with Gasteiger partial charge in [0.1, 0.15) is 0 Å². The van der Waals surface area contributed by atoms with Crippen LogP contribution in [0, 0.1) is 0 Å². The molecule has 6 heteroatoms. The van der Waals surface area contributed by atoms with E-state index in [-0.39, 0.29) is 30.1 Å². The Morgan fingerprint density at radius 3 is 0.656 bits per heavy atom. The zero-order valence-electron chi connectivity index (χ0n) is 44.9. The number of unbranched alkanes of at least 4 members (excludes halogenated alkanes) is 37. The average molecular weight is 910 g/mol. The summed E-state index contributed by atoms with van der Waals surface area (Å²) >= 11 is 0. The van der Waals surface area contributed by atoms with Gasteiger partial charge < -0.3 is 14.2 Å². The van der Waals surface area contributed by atoms with E-state index in [9.17, 15) is 14.4 Å². The number of ether oxygens (including phenoxy) is 3. The lowest BCUT2D eigenvalue weighted by molar-refractivity contribution is -0.148. The molecule has 0 aliphatic rings. The van der Waals surface area contributed by atoms with Crippen molar-refractivity contribution in [2.45, 2.75) is 350 Å². The van der Waals surface area contributed by atoms with Gasteiger partial charge >= 0.3 is 17.9 Å². The van der Waals surface area contributed by atoms with Crippen LogP contribution in [0.4, 0.5) is 0 Å². The molecule has 0 aromatic heterocycles. The van der Waals surface area contributed by atoms with E-state index < -0.39 is 0 Å². The van der Waals surface area contributed by atoms with E-state index >= 15 is 0 Å². The lowest BCUT2D eigenvalue weighted by Gasteiger charge is -2.07. The Morgan fingerprint density at radius 1 is 0.266 bits per heavy atom. The summed E-state index contributed by atoms with van der Waals surface area (Å²) in [6, 6.07) is 0. The highest BCUT2D eigenvalue weighted by Crippen LogP contribution is 2.16. The van der Waals surface area contributed by atoms with Crippen LogP contribution < -0.4 is 0 Å². The van der Waals surface area contributed by atoms with Crippen LogP contribution in [0.2, 0.25) is 0 Å². The van der Waals surface area contributed by atoms with Crippen LogP contribution in [-0.4, -0.2) is 36.7 Å². The molecule has 6 nitrogen and oxygen atoms in total. The predicted octanol–water partition coefficient (Wildman–Crippen LogP) is 19.6.